The molecule has 2 N–H and O–H groups in total. The molecule has 0 atom stereocenters. The SMILES string of the molecule is COc1ccc(N(CCCN)S(=O)(=O)C(C)(C)C)cc1. The molecule has 0 fully saturated rings. The first-order valence-corrected chi connectivity index (χ1v) is 8.04. The fourth-order valence-corrected chi connectivity index (χ4v) is 3.13. The van der Waals surface area contributed by atoms with Crippen LogP contribution in [0.3, 0.4) is 0 Å². The largest absolute Gasteiger partial charge is 0.497 e. The summed E-state index contributed by atoms with van der Waals surface area (Å²) < 4.78 is 31.0. The van der Waals surface area contributed by atoms with Crippen LogP contribution in [0.25, 0.3) is 0 Å². The van der Waals surface area contributed by atoms with Gasteiger partial charge >= 0.3 is 0 Å². The third kappa shape index (κ3) is 3.64. The Labute approximate surface area is 121 Å². The van der Waals surface area contributed by atoms with Gasteiger partial charge in [-0.25, -0.2) is 8.42 Å². The maximum atomic E-state index is 12.7. The quantitative estimate of drug-likeness (QED) is 0.872. The average Bonchev–Trinajstić information content (AvgIpc) is 2.38. The summed E-state index contributed by atoms with van der Waals surface area (Å²) in [7, 11) is -1.87. The minimum Gasteiger partial charge on any atom is -0.497 e. The van der Waals surface area contributed by atoms with Gasteiger partial charge in [-0.2, -0.15) is 0 Å². The van der Waals surface area contributed by atoms with E-state index in [2.05, 4.69) is 0 Å². The van der Waals surface area contributed by atoms with E-state index in [0.29, 0.717) is 30.9 Å². The molecular formula is C14H24N2O3S. The molecule has 114 valence electrons. The van der Waals surface area contributed by atoms with Crippen molar-refractivity contribution in [2.24, 2.45) is 5.73 Å². The van der Waals surface area contributed by atoms with Crippen molar-refractivity contribution in [2.45, 2.75) is 31.9 Å². The van der Waals surface area contributed by atoms with Crippen LogP contribution in [0.2, 0.25) is 0 Å². The van der Waals surface area contributed by atoms with Gasteiger partial charge in [-0.15, -0.1) is 0 Å². The lowest BCUT2D eigenvalue weighted by Gasteiger charge is -2.31. The summed E-state index contributed by atoms with van der Waals surface area (Å²) in [6, 6.07) is 7.00. The highest BCUT2D eigenvalue weighted by molar-refractivity contribution is 7.94. The minimum atomic E-state index is -3.45. The van der Waals surface area contributed by atoms with Gasteiger partial charge in [-0.1, -0.05) is 0 Å². The highest BCUT2D eigenvalue weighted by Gasteiger charge is 2.35. The van der Waals surface area contributed by atoms with Crippen molar-refractivity contribution in [3.63, 3.8) is 0 Å². The summed E-state index contributed by atoms with van der Waals surface area (Å²) in [5.74, 6) is 0.695. The Balaban J connectivity index is 3.18. The molecule has 0 aliphatic rings. The van der Waals surface area contributed by atoms with Gasteiger partial charge in [0.25, 0.3) is 0 Å². The number of hydrogen-bond acceptors (Lipinski definition) is 4. The van der Waals surface area contributed by atoms with E-state index in [0.717, 1.165) is 0 Å². The Morgan fingerprint density at radius 1 is 1.20 bits per heavy atom. The highest BCUT2D eigenvalue weighted by atomic mass is 32.2. The smallest absolute Gasteiger partial charge is 0.240 e. The van der Waals surface area contributed by atoms with Gasteiger partial charge in [0.05, 0.1) is 17.5 Å². The van der Waals surface area contributed by atoms with Crippen LogP contribution >= 0.6 is 0 Å². The summed E-state index contributed by atoms with van der Waals surface area (Å²) in [4.78, 5) is 0. The van der Waals surface area contributed by atoms with E-state index in [4.69, 9.17) is 10.5 Å². The van der Waals surface area contributed by atoms with E-state index in [1.807, 2.05) is 0 Å². The van der Waals surface area contributed by atoms with E-state index in [1.165, 1.54) is 4.31 Å². The summed E-state index contributed by atoms with van der Waals surface area (Å²) in [5.41, 5.74) is 6.14. The molecule has 0 aliphatic heterocycles. The summed E-state index contributed by atoms with van der Waals surface area (Å²) in [6.45, 7) is 5.92. The maximum absolute atomic E-state index is 12.7. The van der Waals surface area contributed by atoms with E-state index < -0.39 is 14.8 Å². The Morgan fingerprint density at radius 3 is 2.15 bits per heavy atom. The van der Waals surface area contributed by atoms with Crippen LogP contribution in [0.1, 0.15) is 27.2 Å². The van der Waals surface area contributed by atoms with E-state index in [9.17, 15) is 8.42 Å². The molecule has 0 bridgehead atoms. The van der Waals surface area contributed by atoms with Crippen LogP contribution in [0.5, 0.6) is 5.75 Å². The van der Waals surface area contributed by atoms with Gasteiger partial charge in [0.15, 0.2) is 0 Å². The molecule has 0 radical (unpaired) electrons. The lowest BCUT2D eigenvalue weighted by molar-refractivity contribution is 0.415. The highest BCUT2D eigenvalue weighted by Crippen LogP contribution is 2.28. The van der Waals surface area contributed by atoms with Crippen molar-refractivity contribution >= 4 is 15.7 Å². The van der Waals surface area contributed by atoms with Crippen molar-refractivity contribution in [3.8, 4) is 5.75 Å². The average molecular weight is 300 g/mol. The number of nitrogens with zero attached hydrogens (tertiary/aromatic N) is 1. The van der Waals surface area contributed by atoms with Crippen molar-refractivity contribution in [3.05, 3.63) is 24.3 Å². The summed E-state index contributed by atoms with van der Waals surface area (Å²) >= 11 is 0. The molecular weight excluding hydrogens is 276 g/mol. The first-order valence-electron chi connectivity index (χ1n) is 6.60. The lowest BCUT2D eigenvalue weighted by Crippen LogP contribution is -2.44. The van der Waals surface area contributed by atoms with Gasteiger partial charge in [0, 0.05) is 6.54 Å². The van der Waals surface area contributed by atoms with Crippen LogP contribution in [0.15, 0.2) is 24.3 Å². The zero-order valence-corrected chi connectivity index (χ0v) is 13.4. The van der Waals surface area contributed by atoms with E-state index in [1.54, 1.807) is 52.1 Å². The van der Waals surface area contributed by atoms with Crippen LogP contribution in [0, 0.1) is 0 Å². The summed E-state index contributed by atoms with van der Waals surface area (Å²) in [5, 5.41) is 0. The fraction of sp³-hybridized carbons (Fsp3) is 0.571. The van der Waals surface area contributed by atoms with Crippen LogP contribution < -0.4 is 14.8 Å². The second-order valence-corrected chi connectivity index (χ2v) is 8.15. The Morgan fingerprint density at radius 2 is 1.75 bits per heavy atom. The molecule has 0 heterocycles. The molecule has 20 heavy (non-hydrogen) atoms. The van der Waals surface area contributed by atoms with Crippen molar-refractivity contribution in [1.29, 1.82) is 0 Å². The molecule has 0 saturated carbocycles. The minimum absolute atomic E-state index is 0.377. The Bertz CT molecular complexity index is 518. The maximum Gasteiger partial charge on any atom is 0.240 e. The normalized spacial score (nSPS) is 12.2. The van der Waals surface area contributed by atoms with Crippen LogP contribution in [-0.4, -0.2) is 33.4 Å². The molecule has 5 nitrogen and oxygen atoms in total. The first kappa shape index (κ1) is 16.8. The molecule has 1 rings (SSSR count). The molecule has 0 aliphatic carbocycles. The van der Waals surface area contributed by atoms with E-state index >= 15 is 0 Å². The van der Waals surface area contributed by atoms with Gasteiger partial charge in [0.1, 0.15) is 5.75 Å². The van der Waals surface area contributed by atoms with Gasteiger partial charge in [-0.3, -0.25) is 4.31 Å². The predicted molar refractivity (Wildman–Crippen MR) is 82.7 cm³/mol. The number of benzene rings is 1. The molecule has 0 spiro atoms. The zero-order chi connectivity index (χ0) is 15.4. The third-order valence-corrected chi connectivity index (χ3v) is 5.51. The molecule has 0 aromatic heterocycles. The number of nitrogens with two attached hydrogens (primary N) is 1. The Hall–Kier alpha value is -1.27. The second kappa shape index (κ2) is 6.45. The number of rotatable bonds is 6. The topological polar surface area (TPSA) is 72.6 Å². The molecule has 1 aromatic rings. The molecule has 0 unspecified atom stereocenters. The molecule has 1 aromatic carbocycles. The van der Waals surface area contributed by atoms with Crippen molar-refractivity contribution < 1.29 is 13.2 Å². The third-order valence-electron chi connectivity index (χ3n) is 2.99. The monoisotopic (exact) mass is 300 g/mol. The number of anilines is 1. The second-order valence-electron chi connectivity index (χ2n) is 5.53. The zero-order valence-electron chi connectivity index (χ0n) is 12.6. The standard InChI is InChI=1S/C14H24N2O3S/c1-14(2,3)20(17,18)16(11-5-10-15)12-6-8-13(19-4)9-7-12/h6-9H,5,10-11,15H2,1-4H3. The van der Waals surface area contributed by atoms with Crippen LogP contribution in [-0.2, 0) is 10.0 Å². The molecule has 6 heteroatoms. The fourth-order valence-electron chi connectivity index (χ4n) is 1.70. The van der Waals surface area contributed by atoms with Gasteiger partial charge in [0.2, 0.25) is 10.0 Å². The Kier molecular flexibility index (Phi) is 5.42. The van der Waals surface area contributed by atoms with Crippen molar-refractivity contribution in [2.75, 3.05) is 24.5 Å². The molecule has 0 amide bonds. The number of hydrogen-bond donors (Lipinski definition) is 1. The van der Waals surface area contributed by atoms with Gasteiger partial charge in [-0.05, 0) is 58.0 Å². The number of sulfonamides is 1. The molecule has 0 saturated heterocycles. The van der Waals surface area contributed by atoms with Gasteiger partial charge < -0.3 is 10.5 Å². The lowest BCUT2D eigenvalue weighted by atomic mass is 10.3. The predicted octanol–water partition coefficient (Wildman–Crippen LogP) is 1.98. The number of ether oxygens (including phenoxy) is 1. The van der Waals surface area contributed by atoms with Crippen molar-refractivity contribution in [1.82, 2.24) is 0 Å². The van der Waals surface area contributed by atoms with Crippen LogP contribution in [0.4, 0.5) is 5.69 Å². The number of methoxy groups -OCH3 is 1. The van der Waals surface area contributed by atoms with E-state index in [-0.39, 0.29) is 0 Å². The first-order chi connectivity index (χ1) is 9.24. The summed E-state index contributed by atoms with van der Waals surface area (Å²) in [6.07, 6.45) is 0.612.